The number of aryl methyl sites for hydroxylation is 1. The Bertz CT molecular complexity index is 667. The molecule has 0 radical (unpaired) electrons. The van der Waals surface area contributed by atoms with Crippen LogP contribution in [0.4, 0.5) is 5.82 Å². The Kier molecular flexibility index (Phi) is 2.92. The molecule has 3 heterocycles. The molecule has 1 N–H and O–H groups in total. The normalized spacial score (nSPS) is 29.6. The van der Waals surface area contributed by atoms with Crippen molar-refractivity contribution < 1.29 is 5.11 Å². The van der Waals surface area contributed by atoms with Gasteiger partial charge in [0.05, 0.1) is 11.8 Å². The van der Waals surface area contributed by atoms with Crippen LogP contribution in [-0.2, 0) is 0 Å². The van der Waals surface area contributed by atoms with Crippen molar-refractivity contribution in [3.05, 3.63) is 24.0 Å². The van der Waals surface area contributed by atoms with E-state index in [4.69, 9.17) is 0 Å². The molecule has 0 spiro atoms. The molecule has 0 bridgehead atoms. The molecule has 2 aromatic heterocycles. The Morgan fingerprint density at radius 1 is 1.33 bits per heavy atom. The van der Waals surface area contributed by atoms with Gasteiger partial charge in [0, 0.05) is 36.8 Å². The first-order chi connectivity index (χ1) is 10.2. The van der Waals surface area contributed by atoms with Crippen LogP contribution < -0.4 is 4.90 Å². The van der Waals surface area contributed by atoms with Gasteiger partial charge in [-0.15, -0.1) is 0 Å². The predicted octanol–water partition coefficient (Wildman–Crippen LogP) is 2.17. The second kappa shape index (κ2) is 4.70. The van der Waals surface area contributed by atoms with Gasteiger partial charge in [-0.2, -0.15) is 9.61 Å². The molecule has 0 unspecified atom stereocenters. The molecule has 0 aromatic carbocycles. The maximum atomic E-state index is 10.8. The van der Waals surface area contributed by atoms with E-state index < -0.39 is 5.60 Å². The van der Waals surface area contributed by atoms with Gasteiger partial charge in [-0.25, -0.2) is 4.98 Å². The summed E-state index contributed by atoms with van der Waals surface area (Å²) in [5.41, 5.74) is 1.48. The summed E-state index contributed by atoms with van der Waals surface area (Å²) in [6.07, 6.45) is 7.18. The largest absolute Gasteiger partial charge is 0.389 e. The molecule has 4 rings (SSSR count). The molecule has 112 valence electrons. The Morgan fingerprint density at radius 2 is 2.24 bits per heavy atom. The average molecular weight is 286 g/mol. The van der Waals surface area contributed by atoms with Crippen LogP contribution in [0.3, 0.4) is 0 Å². The van der Waals surface area contributed by atoms with Crippen LogP contribution >= 0.6 is 0 Å². The molecule has 21 heavy (non-hydrogen) atoms. The van der Waals surface area contributed by atoms with Gasteiger partial charge < -0.3 is 10.0 Å². The number of aliphatic hydroxyl groups is 1. The molecule has 1 aliphatic carbocycles. The molecule has 2 atom stereocenters. The number of anilines is 1. The molecule has 2 fully saturated rings. The number of hydrogen-bond donors (Lipinski definition) is 1. The molecule has 5 heteroatoms. The van der Waals surface area contributed by atoms with Gasteiger partial charge in [0.25, 0.3) is 0 Å². The zero-order valence-electron chi connectivity index (χ0n) is 12.5. The highest BCUT2D eigenvalue weighted by Gasteiger charge is 2.43. The Labute approximate surface area is 124 Å². The third-order valence-corrected chi connectivity index (χ3v) is 5.22. The highest BCUT2D eigenvalue weighted by molar-refractivity contribution is 5.51. The van der Waals surface area contributed by atoms with Gasteiger partial charge in [-0.05, 0) is 26.2 Å². The highest BCUT2D eigenvalue weighted by atomic mass is 16.3. The highest BCUT2D eigenvalue weighted by Crippen LogP contribution is 2.40. The number of rotatable bonds is 1. The van der Waals surface area contributed by atoms with E-state index in [0.717, 1.165) is 49.5 Å². The first-order valence-corrected chi connectivity index (χ1v) is 7.94. The fraction of sp³-hybridized carbons (Fsp3) is 0.625. The van der Waals surface area contributed by atoms with Crippen molar-refractivity contribution in [3.8, 4) is 0 Å². The summed E-state index contributed by atoms with van der Waals surface area (Å²) in [4.78, 5) is 6.88. The number of nitrogens with zero attached hydrogens (tertiary/aromatic N) is 4. The molecule has 2 aliphatic rings. The second-order valence-electron chi connectivity index (χ2n) is 6.60. The zero-order valence-corrected chi connectivity index (χ0v) is 12.5. The third kappa shape index (κ3) is 2.11. The van der Waals surface area contributed by atoms with Crippen molar-refractivity contribution in [2.75, 3.05) is 18.0 Å². The van der Waals surface area contributed by atoms with Crippen molar-refractivity contribution in [2.24, 2.45) is 5.92 Å². The summed E-state index contributed by atoms with van der Waals surface area (Å²) in [6, 6.07) is 4.05. The summed E-state index contributed by atoms with van der Waals surface area (Å²) in [7, 11) is 0. The SMILES string of the molecule is Cc1cc(N2CC[C@@]3(O)CCCC[C@H]3C2)n2nccc2n1. The molecule has 1 saturated heterocycles. The Balaban J connectivity index is 1.68. The van der Waals surface area contributed by atoms with Gasteiger partial charge in [-0.3, -0.25) is 0 Å². The number of aromatic nitrogens is 3. The van der Waals surface area contributed by atoms with Crippen LogP contribution in [0.25, 0.3) is 5.65 Å². The lowest BCUT2D eigenvalue weighted by Crippen LogP contribution is -2.53. The number of fused-ring (bicyclic) bond motifs is 2. The van der Waals surface area contributed by atoms with E-state index in [9.17, 15) is 5.11 Å². The van der Waals surface area contributed by atoms with Crippen LogP contribution in [0.1, 0.15) is 37.8 Å². The smallest absolute Gasteiger partial charge is 0.157 e. The maximum absolute atomic E-state index is 10.8. The van der Waals surface area contributed by atoms with E-state index in [1.165, 1.54) is 12.8 Å². The quantitative estimate of drug-likeness (QED) is 0.873. The minimum atomic E-state index is -0.430. The van der Waals surface area contributed by atoms with Crippen molar-refractivity contribution in [2.45, 2.75) is 44.6 Å². The molecular weight excluding hydrogens is 264 g/mol. The van der Waals surface area contributed by atoms with Gasteiger partial charge in [0.2, 0.25) is 0 Å². The minimum Gasteiger partial charge on any atom is -0.389 e. The van der Waals surface area contributed by atoms with E-state index in [1.807, 2.05) is 17.5 Å². The van der Waals surface area contributed by atoms with Gasteiger partial charge >= 0.3 is 0 Å². The Morgan fingerprint density at radius 3 is 3.14 bits per heavy atom. The zero-order chi connectivity index (χ0) is 14.4. The van der Waals surface area contributed by atoms with Crippen LogP contribution in [0, 0.1) is 12.8 Å². The molecule has 2 aromatic rings. The van der Waals surface area contributed by atoms with Gasteiger partial charge in [-0.1, -0.05) is 12.8 Å². The van der Waals surface area contributed by atoms with Crippen molar-refractivity contribution >= 4 is 11.5 Å². The fourth-order valence-corrected chi connectivity index (χ4v) is 4.02. The van der Waals surface area contributed by atoms with Crippen LogP contribution in [0.15, 0.2) is 18.3 Å². The van der Waals surface area contributed by atoms with Gasteiger partial charge in [0.15, 0.2) is 5.65 Å². The predicted molar refractivity (Wildman–Crippen MR) is 81.5 cm³/mol. The Hall–Kier alpha value is -1.62. The lowest BCUT2D eigenvalue weighted by molar-refractivity contribution is -0.0614. The molecule has 0 amide bonds. The topological polar surface area (TPSA) is 53.7 Å². The summed E-state index contributed by atoms with van der Waals surface area (Å²) in [5, 5.41) is 15.2. The molecule has 1 aliphatic heterocycles. The average Bonchev–Trinajstić information content (AvgIpc) is 2.93. The van der Waals surface area contributed by atoms with E-state index in [1.54, 1.807) is 6.20 Å². The van der Waals surface area contributed by atoms with Gasteiger partial charge in [0.1, 0.15) is 5.82 Å². The first kappa shape index (κ1) is 13.1. The summed E-state index contributed by atoms with van der Waals surface area (Å²) in [6.45, 7) is 3.84. The van der Waals surface area contributed by atoms with E-state index in [-0.39, 0.29) is 0 Å². The summed E-state index contributed by atoms with van der Waals surface area (Å²) < 4.78 is 1.92. The summed E-state index contributed by atoms with van der Waals surface area (Å²) >= 11 is 0. The molecule has 5 nitrogen and oxygen atoms in total. The van der Waals surface area contributed by atoms with Crippen LogP contribution in [0.2, 0.25) is 0 Å². The number of piperidine rings is 1. The standard InChI is InChI=1S/C16H22N4O/c1-12-10-15(20-14(18-12)5-8-17-20)19-9-7-16(21)6-3-2-4-13(16)11-19/h5,8,10,13,21H,2-4,6-7,9,11H2,1H3/t13-,16-/m0/s1. The molecule has 1 saturated carbocycles. The van der Waals surface area contributed by atoms with Crippen LogP contribution in [0.5, 0.6) is 0 Å². The fourth-order valence-electron chi connectivity index (χ4n) is 4.02. The van der Waals surface area contributed by atoms with E-state index >= 15 is 0 Å². The van der Waals surface area contributed by atoms with Crippen molar-refractivity contribution in [1.82, 2.24) is 14.6 Å². The lowest BCUT2D eigenvalue weighted by atomic mass is 9.71. The van der Waals surface area contributed by atoms with E-state index in [2.05, 4.69) is 21.0 Å². The van der Waals surface area contributed by atoms with Crippen molar-refractivity contribution in [3.63, 3.8) is 0 Å². The third-order valence-electron chi connectivity index (χ3n) is 5.22. The van der Waals surface area contributed by atoms with Crippen molar-refractivity contribution in [1.29, 1.82) is 0 Å². The summed E-state index contributed by atoms with van der Waals surface area (Å²) in [5.74, 6) is 1.49. The minimum absolute atomic E-state index is 0.388. The van der Waals surface area contributed by atoms with E-state index in [0.29, 0.717) is 5.92 Å². The lowest BCUT2D eigenvalue weighted by Gasteiger charge is -2.48. The van der Waals surface area contributed by atoms with Crippen LogP contribution in [-0.4, -0.2) is 38.4 Å². The first-order valence-electron chi connectivity index (χ1n) is 7.94. The second-order valence-corrected chi connectivity index (χ2v) is 6.60. The number of hydrogen-bond acceptors (Lipinski definition) is 4. The monoisotopic (exact) mass is 286 g/mol. The maximum Gasteiger partial charge on any atom is 0.157 e. The molecular formula is C16H22N4O.